The van der Waals surface area contributed by atoms with Crippen LogP contribution < -0.4 is 11.3 Å². The summed E-state index contributed by atoms with van der Waals surface area (Å²) in [6, 6.07) is 5.69. The molecule has 0 bridgehead atoms. The normalized spacial score (nSPS) is 17.9. The molecule has 4 heteroatoms. The highest BCUT2D eigenvalue weighted by Crippen LogP contribution is 2.34. The molecule has 2 aliphatic rings. The maximum absolute atomic E-state index is 12.8. The van der Waals surface area contributed by atoms with Gasteiger partial charge in [-0.25, -0.2) is 0 Å². The van der Waals surface area contributed by atoms with Crippen LogP contribution >= 0.6 is 0 Å². The number of rotatable bonds is 6. The number of hydrazine groups is 1. The summed E-state index contributed by atoms with van der Waals surface area (Å²) in [5, 5.41) is 0. The SMILES string of the molecule is Cc1cc(NN)ccc1C(=O)N(CC1CC1)CC1CC1. The molecule has 0 aromatic heterocycles. The highest BCUT2D eigenvalue weighted by Gasteiger charge is 2.32. The van der Waals surface area contributed by atoms with Crippen molar-refractivity contribution in [1.29, 1.82) is 0 Å². The summed E-state index contributed by atoms with van der Waals surface area (Å²) >= 11 is 0. The van der Waals surface area contributed by atoms with Crippen molar-refractivity contribution < 1.29 is 4.79 Å². The molecule has 0 heterocycles. The first-order chi connectivity index (χ1) is 9.67. The molecule has 108 valence electrons. The number of hydrogen-bond acceptors (Lipinski definition) is 3. The van der Waals surface area contributed by atoms with Crippen molar-refractivity contribution in [3.63, 3.8) is 0 Å². The Morgan fingerprint density at radius 3 is 2.30 bits per heavy atom. The van der Waals surface area contributed by atoms with E-state index in [0.717, 1.165) is 41.7 Å². The Labute approximate surface area is 120 Å². The summed E-state index contributed by atoms with van der Waals surface area (Å²) in [6.45, 7) is 3.85. The lowest BCUT2D eigenvalue weighted by Gasteiger charge is -2.23. The molecule has 2 aliphatic carbocycles. The quantitative estimate of drug-likeness (QED) is 0.618. The summed E-state index contributed by atoms with van der Waals surface area (Å²) < 4.78 is 0. The number of hydrogen-bond donors (Lipinski definition) is 2. The fourth-order valence-electron chi connectivity index (χ4n) is 2.63. The molecule has 20 heavy (non-hydrogen) atoms. The standard InChI is InChI=1S/C16H23N3O/c1-11-8-14(18-17)6-7-15(11)16(20)19(9-12-2-3-12)10-13-4-5-13/h6-8,12-13,18H,2-5,9-10,17H2,1H3. The zero-order chi connectivity index (χ0) is 14.1. The molecule has 3 rings (SSSR count). The number of nitrogens with two attached hydrogens (primary N) is 1. The summed E-state index contributed by atoms with van der Waals surface area (Å²) in [7, 11) is 0. The van der Waals surface area contributed by atoms with Gasteiger partial charge >= 0.3 is 0 Å². The number of amides is 1. The first-order valence-corrected chi connectivity index (χ1v) is 7.54. The zero-order valence-corrected chi connectivity index (χ0v) is 12.1. The summed E-state index contributed by atoms with van der Waals surface area (Å²) in [5.41, 5.74) is 5.26. The van der Waals surface area contributed by atoms with Gasteiger partial charge in [0.1, 0.15) is 0 Å². The van der Waals surface area contributed by atoms with Crippen LogP contribution in [0.15, 0.2) is 18.2 Å². The summed E-state index contributed by atoms with van der Waals surface area (Å²) in [5.74, 6) is 7.07. The number of benzene rings is 1. The van der Waals surface area contributed by atoms with Crippen LogP contribution in [0.4, 0.5) is 5.69 Å². The zero-order valence-electron chi connectivity index (χ0n) is 12.1. The molecular formula is C16H23N3O. The fraction of sp³-hybridized carbons (Fsp3) is 0.562. The second-order valence-corrected chi connectivity index (χ2v) is 6.27. The summed E-state index contributed by atoms with van der Waals surface area (Å²) in [6.07, 6.45) is 5.12. The maximum Gasteiger partial charge on any atom is 0.254 e. The molecule has 2 saturated carbocycles. The molecule has 1 amide bonds. The van der Waals surface area contributed by atoms with E-state index in [1.54, 1.807) is 0 Å². The molecular weight excluding hydrogens is 250 g/mol. The second-order valence-electron chi connectivity index (χ2n) is 6.27. The molecule has 1 aromatic rings. The van der Waals surface area contributed by atoms with E-state index >= 15 is 0 Å². The molecule has 0 unspecified atom stereocenters. The molecule has 0 saturated heterocycles. The Bertz CT molecular complexity index is 492. The van der Waals surface area contributed by atoms with Crippen LogP contribution in [0.25, 0.3) is 0 Å². The van der Waals surface area contributed by atoms with Gasteiger partial charge in [-0.3, -0.25) is 10.6 Å². The van der Waals surface area contributed by atoms with Gasteiger partial charge in [0.25, 0.3) is 5.91 Å². The van der Waals surface area contributed by atoms with Crippen LogP contribution in [-0.4, -0.2) is 23.9 Å². The van der Waals surface area contributed by atoms with E-state index in [1.807, 2.05) is 25.1 Å². The summed E-state index contributed by atoms with van der Waals surface area (Å²) in [4.78, 5) is 14.8. The average Bonchev–Trinajstić information content (AvgIpc) is 3.32. The van der Waals surface area contributed by atoms with Crippen LogP contribution in [0.3, 0.4) is 0 Å². The molecule has 0 aliphatic heterocycles. The maximum atomic E-state index is 12.8. The minimum absolute atomic E-state index is 0.185. The predicted molar refractivity (Wildman–Crippen MR) is 80.3 cm³/mol. The monoisotopic (exact) mass is 273 g/mol. The van der Waals surface area contributed by atoms with Crippen molar-refractivity contribution >= 4 is 11.6 Å². The van der Waals surface area contributed by atoms with Gasteiger partial charge in [-0.1, -0.05) is 0 Å². The average molecular weight is 273 g/mol. The topological polar surface area (TPSA) is 58.4 Å². The Morgan fingerprint density at radius 1 is 1.25 bits per heavy atom. The van der Waals surface area contributed by atoms with Crippen LogP contribution in [0, 0.1) is 18.8 Å². The predicted octanol–water partition coefficient (Wildman–Crippen LogP) is 2.54. The van der Waals surface area contributed by atoms with Crippen molar-refractivity contribution in [3.8, 4) is 0 Å². The first kappa shape index (κ1) is 13.4. The Morgan fingerprint density at radius 2 is 1.85 bits per heavy atom. The van der Waals surface area contributed by atoms with Crippen LogP contribution in [0.5, 0.6) is 0 Å². The van der Waals surface area contributed by atoms with E-state index in [0.29, 0.717) is 0 Å². The minimum Gasteiger partial charge on any atom is -0.338 e. The first-order valence-electron chi connectivity index (χ1n) is 7.54. The number of anilines is 1. The lowest BCUT2D eigenvalue weighted by molar-refractivity contribution is 0.0739. The van der Waals surface area contributed by atoms with E-state index in [1.165, 1.54) is 25.7 Å². The van der Waals surface area contributed by atoms with E-state index in [4.69, 9.17) is 5.84 Å². The van der Waals surface area contributed by atoms with Gasteiger partial charge in [0.2, 0.25) is 0 Å². The third kappa shape index (κ3) is 3.12. The highest BCUT2D eigenvalue weighted by molar-refractivity contribution is 5.96. The lowest BCUT2D eigenvalue weighted by atomic mass is 10.1. The van der Waals surface area contributed by atoms with Crippen molar-refractivity contribution in [2.24, 2.45) is 17.7 Å². The van der Waals surface area contributed by atoms with Crippen LogP contribution in [-0.2, 0) is 0 Å². The lowest BCUT2D eigenvalue weighted by Crippen LogP contribution is -2.35. The number of nitrogen functional groups attached to an aromatic ring is 1. The molecule has 0 radical (unpaired) electrons. The minimum atomic E-state index is 0.185. The van der Waals surface area contributed by atoms with Crippen molar-refractivity contribution in [1.82, 2.24) is 4.90 Å². The van der Waals surface area contributed by atoms with Crippen molar-refractivity contribution in [3.05, 3.63) is 29.3 Å². The van der Waals surface area contributed by atoms with Crippen molar-refractivity contribution in [2.45, 2.75) is 32.6 Å². The number of carbonyl (C=O) groups excluding carboxylic acids is 1. The van der Waals surface area contributed by atoms with Crippen LogP contribution in [0.2, 0.25) is 0 Å². The third-order valence-electron chi connectivity index (χ3n) is 4.26. The number of nitrogens with zero attached hydrogens (tertiary/aromatic N) is 1. The fourth-order valence-corrected chi connectivity index (χ4v) is 2.63. The number of carbonyl (C=O) groups is 1. The third-order valence-corrected chi connectivity index (χ3v) is 4.26. The van der Waals surface area contributed by atoms with E-state index in [-0.39, 0.29) is 5.91 Å². The van der Waals surface area contributed by atoms with Gasteiger partial charge < -0.3 is 10.3 Å². The molecule has 4 nitrogen and oxygen atoms in total. The smallest absolute Gasteiger partial charge is 0.254 e. The Hall–Kier alpha value is -1.55. The van der Waals surface area contributed by atoms with E-state index in [2.05, 4.69) is 10.3 Å². The van der Waals surface area contributed by atoms with Gasteiger partial charge in [-0.05, 0) is 68.2 Å². The van der Waals surface area contributed by atoms with Gasteiger partial charge in [0.15, 0.2) is 0 Å². The van der Waals surface area contributed by atoms with E-state index < -0.39 is 0 Å². The number of aryl methyl sites for hydroxylation is 1. The Balaban J connectivity index is 1.76. The number of nitrogens with one attached hydrogen (secondary N) is 1. The molecule has 2 fully saturated rings. The highest BCUT2D eigenvalue weighted by atomic mass is 16.2. The van der Waals surface area contributed by atoms with Gasteiger partial charge in [0.05, 0.1) is 0 Å². The van der Waals surface area contributed by atoms with E-state index in [9.17, 15) is 4.79 Å². The second kappa shape index (κ2) is 5.44. The molecule has 1 aromatic carbocycles. The van der Waals surface area contributed by atoms with Gasteiger partial charge in [-0.15, -0.1) is 0 Å². The molecule has 3 N–H and O–H groups in total. The Kier molecular flexibility index (Phi) is 3.66. The van der Waals surface area contributed by atoms with Gasteiger partial charge in [-0.2, -0.15) is 0 Å². The largest absolute Gasteiger partial charge is 0.338 e. The molecule has 0 spiro atoms. The van der Waals surface area contributed by atoms with Crippen LogP contribution in [0.1, 0.15) is 41.6 Å². The van der Waals surface area contributed by atoms with Crippen molar-refractivity contribution in [2.75, 3.05) is 18.5 Å². The van der Waals surface area contributed by atoms with Gasteiger partial charge in [0, 0.05) is 24.3 Å². The molecule has 0 atom stereocenters.